The number of amides is 1. The molecule has 1 atom stereocenters. The number of piperazine rings is 1. The van der Waals surface area contributed by atoms with E-state index >= 15 is 0 Å². The summed E-state index contributed by atoms with van der Waals surface area (Å²) in [7, 11) is 0. The number of hydrogen-bond acceptors (Lipinski definition) is 8. The Bertz CT molecular complexity index is 1300. The zero-order valence-corrected chi connectivity index (χ0v) is 27.9. The number of nitrogens with zero attached hydrogens (tertiary/aromatic N) is 3. The fraction of sp³-hybridized carbons (Fsp3) is 0.559. The number of ether oxygens (including phenoxy) is 3. The van der Waals surface area contributed by atoms with Gasteiger partial charge in [-0.15, -0.1) is 0 Å². The molecule has 1 saturated heterocycles. The Morgan fingerprint density at radius 1 is 0.889 bits per heavy atom. The zero-order valence-electron chi connectivity index (χ0n) is 26.4. The Kier molecular flexibility index (Phi) is 13.6. The molecular formula is C34H45Cl2N3O6. The van der Waals surface area contributed by atoms with E-state index in [2.05, 4.69) is 16.7 Å². The third-order valence-electron chi connectivity index (χ3n) is 8.18. The van der Waals surface area contributed by atoms with Crippen LogP contribution in [0, 0.1) is 0 Å². The van der Waals surface area contributed by atoms with Gasteiger partial charge in [0.2, 0.25) is 5.91 Å². The fourth-order valence-electron chi connectivity index (χ4n) is 5.71. The maximum Gasteiger partial charge on any atom is 0.369 e. The van der Waals surface area contributed by atoms with Gasteiger partial charge >= 0.3 is 11.9 Å². The molecule has 0 radical (unpaired) electrons. The Balaban J connectivity index is 1.27. The molecule has 0 saturated carbocycles. The van der Waals surface area contributed by atoms with Crippen molar-refractivity contribution in [3.8, 4) is 5.75 Å². The van der Waals surface area contributed by atoms with Crippen LogP contribution in [-0.4, -0.2) is 74.9 Å². The van der Waals surface area contributed by atoms with E-state index in [1.807, 2.05) is 24.3 Å². The molecule has 9 nitrogen and oxygen atoms in total. The summed E-state index contributed by atoms with van der Waals surface area (Å²) in [6.07, 6.45) is 6.08. The fourth-order valence-corrected chi connectivity index (χ4v) is 6.13. The highest BCUT2D eigenvalue weighted by molar-refractivity contribution is 6.43. The van der Waals surface area contributed by atoms with E-state index < -0.39 is 18.2 Å². The van der Waals surface area contributed by atoms with Crippen LogP contribution in [0.1, 0.15) is 70.8 Å². The summed E-state index contributed by atoms with van der Waals surface area (Å²) in [5, 5.41) is 1.18. The van der Waals surface area contributed by atoms with Gasteiger partial charge in [0.05, 0.1) is 34.6 Å². The molecule has 1 unspecified atom stereocenters. The summed E-state index contributed by atoms with van der Waals surface area (Å²) in [5.41, 5.74) is 2.37. The number of halogens is 2. The molecule has 1 fully saturated rings. The first-order valence-electron chi connectivity index (χ1n) is 16.1. The molecule has 0 aromatic heterocycles. The van der Waals surface area contributed by atoms with Crippen molar-refractivity contribution in [1.82, 2.24) is 4.90 Å². The van der Waals surface area contributed by atoms with Crippen LogP contribution in [0.4, 0.5) is 11.4 Å². The van der Waals surface area contributed by atoms with Crippen molar-refractivity contribution in [3.05, 3.63) is 52.0 Å². The molecule has 0 N–H and O–H groups in total. The van der Waals surface area contributed by atoms with Crippen LogP contribution in [0.5, 0.6) is 5.75 Å². The molecule has 11 heteroatoms. The average Bonchev–Trinajstić information content (AvgIpc) is 3.03. The number of anilines is 2. The molecule has 2 aliphatic heterocycles. The molecule has 2 aromatic rings. The Morgan fingerprint density at radius 2 is 1.64 bits per heavy atom. The van der Waals surface area contributed by atoms with Crippen LogP contribution in [0.25, 0.3) is 0 Å². The maximum absolute atomic E-state index is 13.1. The lowest BCUT2D eigenvalue weighted by atomic mass is 10.0. The van der Waals surface area contributed by atoms with Crippen molar-refractivity contribution < 1.29 is 28.6 Å². The Hall–Kier alpha value is -3.01. The predicted octanol–water partition coefficient (Wildman–Crippen LogP) is 6.66. The minimum atomic E-state index is -1.48. The molecule has 4 rings (SSSR count). The molecule has 0 spiro atoms. The summed E-state index contributed by atoms with van der Waals surface area (Å²) < 4.78 is 16.9. The van der Waals surface area contributed by atoms with Gasteiger partial charge in [-0.2, -0.15) is 0 Å². The number of fused-ring (bicyclic) bond motifs is 1. The van der Waals surface area contributed by atoms with Gasteiger partial charge in [-0.1, -0.05) is 67.9 Å². The van der Waals surface area contributed by atoms with Crippen molar-refractivity contribution in [1.29, 1.82) is 0 Å². The third-order valence-corrected chi connectivity index (χ3v) is 8.99. The van der Waals surface area contributed by atoms with Gasteiger partial charge in [0.15, 0.2) is 0 Å². The van der Waals surface area contributed by atoms with Gasteiger partial charge in [-0.3, -0.25) is 19.4 Å². The molecule has 2 heterocycles. The Morgan fingerprint density at radius 3 is 2.40 bits per heavy atom. The number of hydrogen-bond donors (Lipinski definition) is 0. The number of aryl methyl sites for hydroxylation is 1. The SMILES string of the molecule is CCCCCCCOC(=O)C(OC(C)=O)N1C(=O)CCc2ccc(OCCCCN3CCN(c4cccc(Cl)c4Cl)CC3)cc21. The van der Waals surface area contributed by atoms with E-state index in [9.17, 15) is 14.4 Å². The van der Waals surface area contributed by atoms with Crippen molar-refractivity contribution in [2.75, 3.05) is 55.7 Å². The van der Waals surface area contributed by atoms with E-state index in [-0.39, 0.29) is 18.9 Å². The van der Waals surface area contributed by atoms with E-state index in [1.54, 1.807) is 12.1 Å². The second-order valence-corrected chi connectivity index (χ2v) is 12.3. The lowest BCUT2D eigenvalue weighted by Gasteiger charge is -2.36. The largest absolute Gasteiger partial charge is 0.494 e. The molecular weight excluding hydrogens is 617 g/mol. The van der Waals surface area contributed by atoms with Crippen LogP contribution in [-0.2, 0) is 30.3 Å². The molecule has 246 valence electrons. The molecule has 1 amide bonds. The minimum absolute atomic E-state index is 0.204. The second kappa shape index (κ2) is 17.6. The highest BCUT2D eigenvalue weighted by atomic mass is 35.5. The van der Waals surface area contributed by atoms with Gasteiger partial charge in [-0.05, 0) is 56.0 Å². The molecule has 0 bridgehead atoms. The quantitative estimate of drug-likeness (QED) is 0.146. The monoisotopic (exact) mass is 661 g/mol. The standard InChI is InChI=1S/C34H45Cl2N3O6/c1-3-4-5-6-8-23-44-34(42)33(45-25(2)40)39-30-24-27(15-13-26(30)14-16-31(39)41)43-22-9-7-17-37-18-20-38(21-19-37)29-12-10-11-28(35)32(29)36/h10-13,15,24,33H,3-9,14,16-23H2,1-2H3. The molecule has 2 aromatic carbocycles. The number of rotatable bonds is 16. The van der Waals surface area contributed by atoms with Crippen molar-refractivity contribution >= 4 is 52.4 Å². The first-order chi connectivity index (χ1) is 21.8. The van der Waals surface area contributed by atoms with Crippen LogP contribution in [0.3, 0.4) is 0 Å². The van der Waals surface area contributed by atoms with Crippen LogP contribution < -0.4 is 14.5 Å². The number of esters is 2. The van der Waals surface area contributed by atoms with Gasteiger partial charge in [0.25, 0.3) is 6.23 Å². The summed E-state index contributed by atoms with van der Waals surface area (Å²) in [6.45, 7) is 8.73. The van der Waals surface area contributed by atoms with Gasteiger partial charge in [0, 0.05) is 45.6 Å². The topological polar surface area (TPSA) is 88.6 Å². The van der Waals surface area contributed by atoms with E-state index in [0.29, 0.717) is 34.5 Å². The first-order valence-corrected chi connectivity index (χ1v) is 16.9. The smallest absolute Gasteiger partial charge is 0.369 e. The summed E-state index contributed by atoms with van der Waals surface area (Å²) in [6, 6.07) is 11.3. The second-order valence-electron chi connectivity index (χ2n) is 11.6. The number of unbranched alkanes of at least 4 members (excludes halogenated alkanes) is 5. The molecule has 2 aliphatic rings. The maximum atomic E-state index is 13.1. The highest BCUT2D eigenvalue weighted by Gasteiger charge is 2.38. The summed E-state index contributed by atoms with van der Waals surface area (Å²) in [5.74, 6) is -1.12. The van der Waals surface area contributed by atoms with Crippen LogP contribution in [0.2, 0.25) is 10.0 Å². The number of carbonyl (C=O) groups excluding carboxylic acids is 3. The Labute approximate surface area is 276 Å². The van der Waals surface area contributed by atoms with E-state index in [4.69, 9.17) is 37.4 Å². The average molecular weight is 663 g/mol. The van der Waals surface area contributed by atoms with Crippen molar-refractivity contribution in [3.63, 3.8) is 0 Å². The van der Waals surface area contributed by atoms with Gasteiger partial charge in [-0.25, -0.2) is 4.79 Å². The van der Waals surface area contributed by atoms with Gasteiger partial charge in [0.1, 0.15) is 5.75 Å². The summed E-state index contributed by atoms with van der Waals surface area (Å²) in [4.78, 5) is 44.1. The van der Waals surface area contributed by atoms with Crippen molar-refractivity contribution in [2.24, 2.45) is 0 Å². The first kappa shape index (κ1) is 34.9. The lowest BCUT2D eigenvalue weighted by Crippen LogP contribution is -2.50. The van der Waals surface area contributed by atoms with Gasteiger partial charge < -0.3 is 19.1 Å². The number of benzene rings is 2. The normalized spacial score (nSPS) is 15.9. The molecule has 45 heavy (non-hydrogen) atoms. The van der Waals surface area contributed by atoms with Crippen LogP contribution >= 0.6 is 23.2 Å². The number of carbonyl (C=O) groups is 3. The molecule has 0 aliphatic carbocycles. The van der Waals surface area contributed by atoms with E-state index in [1.165, 1.54) is 11.8 Å². The highest BCUT2D eigenvalue weighted by Crippen LogP contribution is 2.35. The zero-order chi connectivity index (χ0) is 32.2. The van der Waals surface area contributed by atoms with E-state index in [0.717, 1.165) is 88.9 Å². The lowest BCUT2D eigenvalue weighted by molar-refractivity contribution is -0.167. The predicted molar refractivity (Wildman–Crippen MR) is 177 cm³/mol. The summed E-state index contributed by atoms with van der Waals surface area (Å²) >= 11 is 12.6. The third kappa shape index (κ3) is 9.99. The van der Waals surface area contributed by atoms with Crippen molar-refractivity contribution in [2.45, 2.75) is 77.9 Å². The van der Waals surface area contributed by atoms with Crippen LogP contribution in [0.15, 0.2) is 36.4 Å². The minimum Gasteiger partial charge on any atom is -0.494 e.